The number of rotatable bonds is 8. The molecule has 0 amide bonds. The number of hydrogen-bond acceptors (Lipinski definition) is 3. The van der Waals surface area contributed by atoms with Gasteiger partial charge in [0.25, 0.3) is 0 Å². The molecule has 0 aliphatic heterocycles. The predicted molar refractivity (Wildman–Crippen MR) is 183 cm³/mol. The first kappa shape index (κ1) is 29.9. The van der Waals surface area contributed by atoms with E-state index in [0.717, 1.165) is 28.1 Å². The highest BCUT2D eigenvalue weighted by molar-refractivity contribution is 6.02. The van der Waals surface area contributed by atoms with Crippen molar-refractivity contribution in [3.8, 4) is 0 Å². The van der Waals surface area contributed by atoms with Crippen LogP contribution in [0.25, 0.3) is 11.8 Å². The van der Waals surface area contributed by atoms with Gasteiger partial charge in [0.15, 0.2) is 0 Å². The van der Waals surface area contributed by atoms with Gasteiger partial charge in [-0.15, -0.1) is 0 Å². The normalized spacial score (nSPS) is 17.4. The van der Waals surface area contributed by atoms with Gasteiger partial charge in [-0.1, -0.05) is 62.8 Å². The summed E-state index contributed by atoms with van der Waals surface area (Å²) in [5.74, 6) is 1.88. The average Bonchev–Trinajstić information content (AvgIpc) is 3.02. The molecule has 0 atom stereocenters. The molecule has 0 saturated heterocycles. The number of benzene rings is 3. The van der Waals surface area contributed by atoms with E-state index in [4.69, 9.17) is 10.7 Å². The van der Waals surface area contributed by atoms with Crippen molar-refractivity contribution >= 4 is 29.0 Å². The van der Waals surface area contributed by atoms with Crippen molar-refractivity contribution in [2.24, 2.45) is 10.7 Å². The Hall–Kier alpha value is -3.53. The van der Waals surface area contributed by atoms with Gasteiger partial charge in [0, 0.05) is 50.7 Å². The maximum Gasteiger partial charge on any atom is 0.131 e. The molecule has 0 aromatic heterocycles. The molecule has 3 aromatic carbocycles. The second-order valence-corrected chi connectivity index (χ2v) is 12.9. The van der Waals surface area contributed by atoms with Gasteiger partial charge in [-0.3, -0.25) is 0 Å². The van der Waals surface area contributed by atoms with Crippen LogP contribution in [0.5, 0.6) is 0 Å². The number of hydrogen-bond donors (Lipinski definition) is 1. The lowest BCUT2D eigenvalue weighted by Gasteiger charge is -2.29. The maximum absolute atomic E-state index is 6.97. The van der Waals surface area contributed by atoms with E-state index in [1.54, 1.807) is 0 Å². The molecule has 222 valence electrons. The van der Waals surface area contributed by atoms with Crippen molar-refractivity contribution in [1.82, 2.24) is 0 Å². The zero-order valence-electron chi connectivity index (χ0n) is 26.5. The Morgan fingerprint density at radius 3 is 1.57 bits per heavy atom. The number of aliphatic imine (C=N–C) groups is 1. The summed E-state index contributed by atoms with van der Waals surface area (Å²) in [6.07, 6.45) is 15.4. The second-order valence-electron chi connectivity index (χ2n) is 12.9. The molecule has 2 aliphatic rings. The predicted octanol–water partition coefficient (Wildman–Crippen LogP) is 9.13. The van der Waals surface area contributed by atoms with E-state index in [2.05, 4.69) is 112 Å². The van der Waals surface area contributed by atoms with Crippen LogP contribution in [-0.4, -0.2) is 34.0 Å². The monoisotopic (exact) mass is 562 g/mol. The molecular formula is C38H50N4. The first-order valence-corrected chi connectivity index (χ1v) is 16.1. The minimum absolute atomic E-state index is 0.608. The van der Waals surface area contributed by atoms with E-state index in [-0.39, 0.29) is 0 Å². The van der Waals surface area contributed by atoms with Gasteiger partial charge in [-0.25, -0.2) is 4.99 Å². The molecule has 2 aliphatic carbocycles. The van der Waals surface area contributed by atoms with E-state index < -0.39 is 0 Å². The zero-order valence-corrected chi connectivity index (χ0v) is 26.5. The number of anilines is 2. The molecule has 4 nitrogen and oxygen atoms in total. The Labute approximate surface area is 254 Å². The summed E-state index contributed by atoms with van der Waals surface area (Å²) >= 11 is 0. The molecule has 3 aromatic rings. The summed E-state index contributed by atoms with van der Waals surface area (Å²) in [4.78, 5) is 9.42. The topological polar surface area (TPSA) is 44.9 Å². The highest BCUT2D eigenvalue weighted by atomic mass is 15.1. The van der Waals surface area contributed by atoms with Gasteiger partial charge in [0.2, 0.25) is 0 Å². The second kappa shape index (κ2) is 13.6. The third-order valence-electron chi connectivity index (χ3n) is 9.51. The van der Waals surface area contributed by atoms with Crippen molar-refractivity contribution in [2.75, 3.05) is 38.0 Å². The largest absolute Gasteiger partial charge is 0.383 e. The third kappa shape index (κ3) is 7.09. The smallest absolute Gasteiger partial charge is 0.131 e. The van der Waals surface area contributed by atoms with Gasteiger partial charge in [0.1, 0.15) is 5.84 Å². The Morgan fingerprint density at radius 2 is 1.12 bits per heavy atom. The van der Waals surface area contributed by atoms with E-state index in [1.807, 2.05) is 0 Å². The summed E-state index contributed by atoms with van der Waals surface area (Å²) < 4.78 is 0. The fourth-order valence-electron chi connectivity index (χ4n) is 6.91. The molecule has 0 radical (unpaired) electrons. The summed E-state index contributed by atoms with van der Waals surface area (Å²) in [6, 6.07) is 22.0. The fourth-order valence-corrected chi connectivity index (χ4v) is 6.91. The average molecular weight is 563 g/mol. The Balaban J connectivity index is 1.59. The van der Waals surface area contributed by atoms with Crippen LogP contribution >= 0.6 is 0 Å². The summed E-state index contributed by atoms with van der Waals surface area (Å²) in [7, 11) is 8.27. The molecule has 2 fully saturated rings. The van der Waals surface area contributed by atoms with Crippen molar-refractivity contribution in [3.63, 3.8) is 0 Å². The lowest BCUT2D eigenvalue weighted by Crippen LogP contribution is -2.18. The third-order valence-corrected chi connectivity index (χ3v) is 9.51. The van der Waals surface area contributed by atoms with E-state index in [0.29, 0.717) is 17.7 Å². The highest BCUT2D eigenvalue weighted by Crippen LogP contribution is 2.41. The SMILES string of the molecule is Cc1c(C2CCCCC2)cc(C(N)=N/C(=C/c2ccc(N(C)C)cc2)c2ccc(N(C)C)cc2)cc1C1CCCCC1. The van der Waals surface area contributed by atoms with Crippen molar-refractivity contribution in [3.05, 3.63) is 94.0 Å². The summed E-state index contributed by atoms with van der Waals surface area (Å²) in [5.41, 5.74) is 18.0. The van der Waals surface area contributed by atoms with E-state index in [9.17, 15) is 0 Å². The minimum atomic E-state index is 0.608. The molecular weight excluding hydrogens is 512 g/mol. The number of amidine groups is 1. The van der Waals surface area contributed by atoms with Gasteiger partial charge < -0.3 is 15.5 Å². The highest BCUT2D eigenvalue weighted by Gasteiger charge is 2.24. The van der Waals surface area contributed by atoms with E-state index in [1.165, 1.54) is 86.6 Å². The van der Waals surface area contributed by atoms with Crippen LogP contribution < -0.4 is 15.5 Å². The minimum Gasteiger partial charge on any atom is -0.383 e. The lowest BCUT2D eigenvalue weighted by atomic mass is 9.76. The lowest BCUT2D eigenvalue weighted by molar-refractivity contribution is 0.433. The number of nitrogens with two attached hydrogens (primary N) is 1. The quantitative estimate of drug-likeness (QED) is 0.169. The maximum atomic E-state index is 6.97. The van der Waals surface area contributed by atoms with Crippen LogP contribution in [0.1, 0.15) is 109 Å². The Kier molecular flexibility index (Phi) is 9.72. The van der Waals surface area contributed by atoms with Crippen LogP contribution in [0.3, 0.4) is 0 Å². The van der Waals surface area contributed by atoms with Crippen LogP contribution in [0.4, 0.5) is 11.4 Å². The summed E-state index contributed by atoms with van der Waals surface area (Å²) in [5, 5.41) is 0. The molecule has 5 rings (SSSR count). The Morgan fingerprint density at radius 1 is 0.667 bits per heavy atom. The van der Waals surface area contributed by atoms with Crippen LogP contribution in [0.15, 0.2) is 65.7 Å². The van der Waals surface area contributed by atoms with Gasteiger partial charge in [-0.05, 0) is 109 Å². The number of nitrogens with zero attached hydrogens (tertiary/aromatic N) is 3. The van der Waals surface area contributed by atoms with Gasteiger partial charge >= 0.3 is 0 Å². The first-order valence-electron chi connectivity index (χ1n) is 16.1. The molecule has 42 heavy (non-hydrogen) atoms. The van der Waals surface area contributed by atoms with Crippen molar-refractivity contribution in [1.29, 1.82) is 0 Å². The zero-order chi connectivity index (χ0) is 29.6. The summed E-state index contributed by atoms with van der Waals surface area (Å²) in [6.45, 7) is 2.38. The van der Waals surface area contributed by atoms with Crippen molar-refractivity contribution in [2.45, 2.75) is 83.0 Å². The van der Waals surface area contributed by atoms with Crippen molar-refractivity contribution < 1.29 is 0 Å². The molecule has 0 bridgehead atoms. The van der Waals surface area contributed by atoms with Gasteiger partial charge in [0.05, 0.1) is 5.70 Å². The molecule has 0 spiro atoms. The first-order chi connectivity index (χ1) is 20.3. The molecule has 2 N–H and O–H groups in total. The molecule has 0 unspecified atom stereocenters. The molecule has 4 heteroatoms. The van der Waals surface area contributed by atoms with Crippen LogP contribution in [-0.2, 0) is 0 Å². The van der Waals surface area contributed by atoms with Crippen LogP contribution in [0.2, 0.25) is 0 Å². The fraction of sp³-hybridized carbons (Fsp3) is 0.447. The van der Waals surface area contributed by atoms with Crippen LogP contribution in [0, 0.1) is 6.92 Å². The Bertz CT molecular complexity index is 1350. The molecule has 0 heterocycles. The van der Waals surface area contributed by atoms with E-state index >= 15 is 0 Å². The molecule has 2 saturated carbocycles. The standard InChI is InChI=1S/C38H50N4/c1-27-35(29-12-8-6-9-13-29)25-32(26-36(27)30-14-10-7-11-15-30)38(39)40-37(31-18-22-34(23-19-31)42(4)5)24-28-16-20-33(21-17-28)41(2)3/h16-26,29-30H,6-15H2,1-5H3,(H2,39,40)/b37-24+. The van der Waals surface area contributed by atoms with Gasteiger partial charge in [-0.2, -0.15) is 0 Å².